The van der Waals surface area contributed by atoms with Crippen LogP contribution in [0.2, 0.25) is 5.02 Å². The molecule has 5 rings (SSSR count). The molecule has 11 heteroatoms. The zero-order valence-electron chi connectivity index (χ0n) is 25.0. The van der Waals surface area contributed by atoms with Crippen LogP contribution in [-0.2, 0) is 24.4 Å². The van der Waals surface area contributed by atoms with Crippen molar-refractivity contribution in [3.63, 3.8) is 0 Å². The number of nitrogens with zero attached hydrogens (tertiary/aromatic N) is 1. The van der Waals surface area contributed by atoms with Gasteiger partial charge in [0.05, 0.1) is 10.6 Å². The molecule has 0 aliphatic heterocycles. The van der Waals surface area contributed by atoms with Crippen LogP contribution < -0.4 is 20.5 Å². The van der Waals surface area contributed by atoms with Gasteiger partial charge in [-0.3, -0.25) is 9.78 Å². The maximum atomic E-state index is 14.7. The summed E-state index contributed by atoms with van der Waals surface area (Å²) in [7, 11) is 0. The van der Waals surface area contributed by atoms with Crippen LogP contribution >= 0.6 is 11.6 Å². The summed E-state index contributed by atoms with van der Waals surface area (Å²) >= 11 is 6.74. The van der Waals surface area contributed by atoms with Gasteiger partial charge in [0.2, 0.25) is 0 Å². The molecule has 0 saturated heterocycles. The summed E-state index contributed by atoms with van der Waals surface area (Å²) in [6.07, 6.45) is 5.56. The number of hydrogen-bond donors (Lipinski definition) is 4. The molecule has 0 fully saturated rings. The molecule has 1 aliphatic carbocycles. The highest BCUT2D eigenvalue weighted by atomic mass is 35.5. The van der Waals surface area contributed by atoms with Crippen LogP contribution in [0.25, 0.3) is 11.1 Å². The number of rotatable bonds is 15. The number of carboxylic acids is 2. The number of aliphatic carboxylic acids is 1. The normalized spacial score (nSPS) is 14.5. The molecule has 0 bridgehead atoms. The van der Waals surface area contributed by atoms with Crippen molar-refractivity contribution in [1.82, 2.24) is 10.3 Å². The van der Waals surface area contributed by atoms with Gasteiger partial charge in [-0.05, 0) is 67.1 Å². The zero-order valence-corrected chi connectivity index (χ0v) is 25.8. The van der Waals surface area contributed by atoms with Gasteiger partial charge in [0.25, 0.3) is 0 Å². The third kappa shape index (κ3) is 7.82. The number of hydrogen-bond acceptors (Lipinski definition) is 7. The fourth-order valence-corrected chi connectivity index (χ4v) is 5.88. The Labute approximate surface area is 271 Å². The molecule has 0 radical (unpaired) electrons. The minimum Gasteiger partial charge on any atom is -0.488 e. The molecule has 4 aromatic rings. The first-order valence-corrected chi connectivity index (χ1v) is 15.4. The van der Waals surface area contributed by atoms with Gasteiger partial charge in [0, 0.05) is 41.7 Å². The van der Waals surface area contributed by atoms with Crippen LogP contribution in [0, 0.1) is 5.82 Å². The van der Waals surface area contributed by atoms with E-state index in [9.17, 15) is 24.2 Å². The summed E-state index contributed by atoms with van der Waals surface area (Å²) < 4.78 is 27.3. The van der Waals surface area contributed by atoms with Crippen LogP contribution in [0.15, 0.2) is 73.1 Å². The van der Waals surface area contributed by atoms with Crippen molar-refractivity contribution in [2.75, 3.05) is 6.54 Å². The molecule has 0 saturated carbocycles. The predicted molar refractivity (Wildman–Crippen MR) is 172 cm³/mol. The Morgan fingerprint density at radius 1 is 1.04 bits per heavy atom. The van der Waals surface area contributed by atoms with Crippen LogP contribution in [0.3, 0.4) is 0 Å². The van der Waals surface area contributed by atoms with E-state index in [2.05, 4.69) is 10.3 Å². The first-order chi connectivity index (χ1) is 22.2. The SMILES string of the molecule is NCCCC[C@H](NCc1cc(Cl)c(O[C@H]2CCc3c(-c4ccccc4F)cccc32)cc1OCc1cncc(C(=O)O)c1)C(=O)O. The van der Waals surface area contributed by atoms with Gasteiger partial charge in [-0.1, -0.05) is 54.4 Å². The zero-order chi connectivity index (χ0) is 32.6. The number of ether oxygens (including phenoxy) is 2. The molecule has 2 atom stereocenters. The van der Waals surface area contributed by atoms with E-state index in [1.165, 1.54) is 24.5 Å². The Balaban J connectivity index is 1.41. The Morgan fingerprint density at radius 2 is 1.85 bits per heavy atom. The first kappa shape index (κ1) is 32.9. The van der Waals surface area contributed by atoms with Crippen LogP contribution in [0.1, 0.15) is 64.4 Å². The van der Waals surface area contributed by atoms with Gasteiger partial charge >= 0.3 is 11.9 Å². The second-order valence-electron chi connectivity index (χ2n) is 11.1. The number of pyridine rings is 1. The van der Waals surface area contributed by atoms with Gasteiger partial charge < -0.3 is 30.7 Å². The summed E-state index contributed by atoms with van der Waals surface area (Å²) in [6, 6.07) is 16.5. The Bertz CT molecular complexity index is 1720. The Hall–Kier alpha value is -4.51. The largest absolute Gasteiger partial charge is 0.488 e. The number of aromatic carboxylic acids is 1. The van der Waals surface area contributed by atoms with Crippen LogP contribution in [0.5, 0.6) is 11.5 Å². The van der Waals surface area contributed by atoms with Crippen molar-refractivity contribution in [3.05, 3.63) is 112 Å². The summed E-state index contributed by atoms with van der Waals surface area (Å²) in [5.41, 5.74) is 10.1. The molecule has 0 amide bonds. The second kappa shape index (κ2) is 15.2. The number of nitrogens with one attached hydrogen (secondary N) is 1. The Morgan fingerprint density at radius 3 is 2.61 bits per heavy atom. The van der Waals surface area contributed by atoms with Crippen molar-refractivity contribution in [2.45, 2.75) is 57.4 Å². The van der Waals surface area contributed by atoms with E-state index >= 15 is 0 Å². The number of unbranched alkanes of at least 4 members (excludes halogenated alkanes) is 1. The summed E-state index contributed by atoms with van der Waals surface area (Å²) in [5, 5.41) is 22.5. The van der Waals surface area contributed by atoms with Crippen molar-refractivity contribution >= 4 is 23.5 Å². The van der Waals surface area contributed by atoms with E-state index in [-0.39, 0.29) is 30.6 Å². The molecule has 3 aromatic carbocycles. The van der Waals surface area contributed by atoms with Gasteiger partial charge in [0.1, 0.15) is 36.1 Å². The fraction of sp³-hybridized carbons (Fsp3) is 0.286. The molecule has 240 valence electrons. The summed E-state index contributed by atoms with van der Waals surface area (Å²) in [5.74, 6) is -1.62. The monoisotopic (exact) mass is 647 g/mol. The van der Waals surface area contributed by atoms with Crippen LogP contribution in [0.4, 0.5) is 4.39 Å². The average Bonchev–Trinajstić information content (AvgIpc) is 3.46. The predicted octanol–water partition coefficient (Wildman–Crippen LogP) is 6.56. The highest BCUT2D eigenvalue weighted by molar-refractivity contribution is 6.32. The lowest BCUT2D eigenvalue weighted by Crippen LogP contribution is -2.36. The first-order valence-electron chi connectivity index (χ1n) is 15.1. The third-order valence-electron chi connectivity index (χ3n) is 7.98. The molecular weight excluding hydrogens is 613 g/mol. The van der Waals surface area contributed by atoms with E-state index in [4.69, 9.17) is 26.8 Å². The second-order valence-corrected chi connectivity index (χ2v) is 11.5. The van der Waals surface area contributed by atoms with Crippen molar-refractivity contribution < 1.29 is 33.7 Å². The smallest absolute Gasteiger partial charge is 0.337 e. The molecule has 0 unspecified atom stereocenters. The minimum absolute atomic E-state index is 0.000681. The van der Waals surface area contributed by atoms with E-state index < -0.39 is 18.0 Å². The van der Waals surface area contributed by atoms with Crippen molar-refractivity contribution in [2.24, 2.45) is 5.73 Å². The lowest BCUT2D eigenvalue weighted by Gasteiger charge is -2.21. The average molecular weight is 648 g/mol. The minimum atomic E-state index is -1.11. The highest BCUT2D eigenvalue weighted by Crippen LogP contribution is 2.43. The number of carbonyl (C=O) groups is 2. The van der Waals surface area contributed by atoms with Crippen molar-refractivity contribution in [1.29, 1.82) is 0 Å². The third-order valence-corrected chi connectivity index (χ3v) is 8.28. The molecule has 9 nitrogen and oxygen atoms in total. The number of aromatic nitrogens is 1. The number of carboxylic acid groups (broad SMARTS) is 2. The number of fused-ring (bicyclic) bond motifs is 1. The van der Waals surface area contributed by atoms with Crippen molar-refractivity contribution in [3.8, 4) is 22.6 Å². The molecule has 0 spiro atoms. The topological polar surface area (TPSA) is 144 Å². The highest BCUT2D eigenvalue weighted by Gasteiger charge is 2.28. The maximum Gasteiger partial charge on any atom is 0.337 e. The lowest BCUT2D eigenvalue weighted by molar-refractivity contribution is -0.139. The Kier molecular flexibility index (Phi) is 10.8. The summed E-state index contributed by atoms with van der Waals surface area (Å²) in [6.45, 7) is 0.620. The summed E-state index contributed by atoms with van der Waals surface area (Å²) in [4.78, 5) is 27.3. The van der Waals surface area contributed by atoms with E-state index in [0.717, 1.165) is 16.7 Å². The number of halogens is 2. The lowest BCUT2D eigenvalue weighted by atomic mass is 9.96. The molecule has 1 aliphatic rings. The molecule has 1 aromatic heterocycles. The van der Waals surface area contributed by atoms with Gasteiger partial charge in [-0.2, -0.15) is 0 Å². The van der Waals surface area contributed by atoms with Gasteiger partial charge in [0.15, 0.2) is 0 Å². The molecular formula is C35H35ClFN3O6. The number of nitrogens with two attached hydrogens (primary N) is 1. The van der Waals surface area contributed by atoms with E-state index in [0.29, 0.717) is 71.9 Å². The standard InChI is InChI=1S/C35H35ClFN3O6/c36-28-15-22(19-40-30(35(43)44)10-3-4-13-38)32(45-20-21-14-23(34(41)42)18-39-17-21)16-33(28)46-31-12-11-25-24(7-5-8-27(25)31)26-6-1-2-9-29(26)37/h1-2,5-9,14-18,30-31,40H,3-4,10-13,19-20,38H2,(H,41,42)(H,43,44)/t30-,31-/m0/s1. The fourth-order valence-electron chi connectivity index (χ4n) is 5.65. The van der Waals surface area contributed by atoms with E-state index in [1.807, 2.05) is 24.3 Å². The quantitative estimate of drug-likeness (QED) is 0.106. The molecule has 1 heterocycles. The van der Waals surface area contributed by atoms with Gasteiger partial charge in [-0.15, -0.1) is 0 Å². The molecule has 46 heavy (non-hydrogen) atoms. The van der Waals surface area contributed by atoms with Crippen LogP contribution in [-0.4, -0.2) is 39.7 Å². The van der Waals surface area contributed by atoms with Gasteiger partial charge in [-0.25, -0.2) is 9.18 Å². The maximum absolute atomic E-state index is 14.7. The number of benzene rings is 3. The molecule has 5 N–H and O–H groups in total. The van der Waals surface area contributed by atoms with E-state index in [1.54, 1.807) is 24.3 Å².